The first-order valence-corrected chi connectivity index (χ1v) is 6.65. The second-order valence-corrected chi connectivity index (χ2v) is 5.40. The number of hydrogen-bond acceptors (Lipinski definition) is 2. The SMILES string of the molecule is Cc1cc(C)c2c(c1)nc(CCNC(C)C)n2C. The second kappa shape index (κ2) is 5.11. The van der Waals surface area contributed by atoms with Crippen LogP contribution in [0.1, 0.15) is 30.8 Å². The average molecular weight is 245 g/mol. The van der Waals surface area contributed by atoms with Gasteiger partial charge in [-0.1, -0.05) is 19.9 Å². The van der Waals surface area contributed by atoms with Crippen molar-refractivity contribution >= 4 is 11.0 Å². The third kappa shape index (κ3) is 2.56. The van der Waals surface area contributed by atoms with Gasteiger partial charge in [0.2, 0.25) is 0 Å². The van der Waals surface area contributed by atoms with Crippen LogP contribution in [0.25, 0.3) is 11.0 Å². The zero-order valence-corrected chi connectivity index (χ0v) is 12.0. The molecule has 1 heterocycles. The molecule has 2 rings (SSSR count). The van der Waals surface area contributed by atoms with Gasteiger partial charge in [0.15, 0.2) is 0 Å². The minimum atomic E-state index is 0.531. The van der Waals surface area contributed by atoms with Crippen LogP contribution in [0.5, 0.6) is 0 Å². The van der Waals surface area contributed by atoms with Crippen molar-refractivity contribution in [3.8, 4) is 0 Å². The molecule has 0 aliphatic heterocycles. The predicted octanol–water partition coefficient (Wildman–Crippen LogP) is 2.73. The Hall–Kier alpha value is -1.35. The van der Waals surface area contributed by atoms with E-state index in [2.05, 4.69) is 56.8 Å². The molecule has 98 valence electrons. The van der Waals surface area contributed by atoms with E-state index in [9.17, 15) is 0 Å². The zero-order valence-electron chi connectivity index (χ0n) is 12.0. The maximum atomic E-state index is 4.75. The molecule has 0 aliphatic rings. The Kier molecular flexibility index (Phi) is 3.71. The van der Waals surface area contributed by atoms with E-state index in [1.807, 2.05) is 0 Å². The van der Waals surface area contributed by atoms with Crippen molar-refractivity contribution < 1.29 is 0 Å². The molecule has 18 heavy (non-hydrogen) atoms. The predicted molar refractivity (Wildman–Crippen MR) is 77.0 cm³/mol. The van der Waals surface area contributed by atoms with Crippen LogP contribution in [0.3, 0.4) is 0 Å². The summed E-state index contributed by atoms with van der Waals surface area (Å²) >= 11 is 0. The van der Waals surface area contributed by atoms with Gasteiger partial charge in [0.25, 0.3) is 0 Å². The molecule has 0 unspecified atom stereocenters. The number of nitrogens with one attached hydrogen (secondary N) is 1. The van der Waals surface area contributed by atoms with E-state index in [1.54, 1.807) is 0 Å². The van der Waals surface area contributed by atoms with Crippen LogP contribution in [0.15, 0.2) is 12.1 Å². The van der Waals surface area contributed by atoms with Crippen LogP contribution < -0.4 is 5.32 Å². The Morgan fingerprint density at radius 1 is 1.28 bits per heavy atom. The summed E-state index contributed by atoms with van der Waals surface area (Å²) in [6.45, 7) is 9.60. The molecule has 2 aromatic rings. The second-order valence-electron chi connectivity index (χ2n) is 5.40. The highest BCUT2D eigenvalue weighted by atomic mass is 15.1. The monoisotopic (exact) mass is 245 g/mol. The summed E-state index contributed by atoms with van der Waals surface area (Å²) in [5, 5.41) is 3.44. The Labute approximate surface area is 109 Å². The molecule has 1 N–H and O–H groups in total. The molecule has 3 heteroatoms. The molecular formula is C15H23N3. The van der Waals surface area contributed by atoms with E-state index in [0.29, 0.717) is 6.04 Å². The van der Waals surface area contributed by atoms with Crippen LogP contribution in [0.2, 0.25) is 0 Å². The van der Waals surface area contributed by atoms with Crippen LogP contribution in [-0.4, -0.2) is 22.1 Å². The zero-order chi connectivity index (χ0) is 13.3. The third-order valence-corrected chi connectivity index (χ3v) is 3.30. The molecule has 0 fully saturated rings. The van der Waals surface area contributed by atoms with Crippen LogP contribution >= 0.6 is 0 Å². The van der Waals surface area contributed by atoms with Crippen molar-refractivity contribution in [1.29, 1.82) is 0 Å². The summed E-state index contributed by atoms with van der Waals surface area (Å²) in [5.74, 6) is 1.16. The lowest BCUT2D eigenvalue weighted by Crippen LogP contribution is -2.25. The molecule has 0 saturated heterocycles. The Bertz CT molecular complexity index is 552. The molecular weight excluding hydrogens is 222 g/mol. The van der Waals surface area contributed by atoms with Gasteiger partial charge in [0.1, 0.15) is 5.82 Å². The summed E-state index contributed by atoms with van der Waals surface area (Å²) in [4.78, 5) is 4.75. The number of rotatable bonds is 4. The fraction of sp³-hybridized carbons (Fsp3) is 0.533. The summed E-state index contributed by atoms with van der Waals surface area (Å²) in [6.07, 6.45) is 0.974. The van der Waals surface area contributed by atoms with Crippen molar-refractivity contribution in [2.24, 2.45) is 7.05 Å². The maximum Gasteiger partial charge on any atom is 0.110 e. The molecule has 0 atom stereocenters. The van der Waals surface area contributed by atoms with Crippen molar-refractivity contribution in [1.82, 2.24) is 14.9 Å². The number of fused-ring (bicyclic) bond motifs is 1. The first-order valence-electron chi connectivity index (χ1n) is 6.65. The van der Waals surface area contributed by atoms with Gasteiger partial charge in [-0.25, -0.2) is 4.98 Å². The number of benzene rings is 1. The lowest BCUT2D eigenvalue weighted by molar-refractivity contribution is 0.578. The molecule has 1 aromatic heterocycles. The highest BCUT2D eigenvalue weighted by Crippen LogP contribution is 2.21. The van der Waals surface area contributed by atoms with E-state index in [0.717, 1.165) is 24.3 Å². The van der Waals surface area contributed by atoms with Crippen LogP contribution in [0.4, 0.5) is 0 Å². The highest BCUT2D eigenvalue weighted by Gasteiger charge is 2.10. The first kappa shape index (κ1) is 13.1. The van der Waals surface area contributed by atoms with E-state index < -0.39 is 0 Å². The van der Waals surface area contributed by atoms with E-state index in [4.69, 9.17) is 4.98 Å². The van der Waals surface area contributed by atoms with Crippen LogP contribution in [0, 0.1) is 13.8 Å². The summed E-state index contributed by atoms with van der Waals surface area (Å²) < 4.78 is 2.23. The van der Waals surface area contributed by atoms with Gasteiger partial charge in [-0.05, 0) is 31.0 Å². The number of aromatic nitrogens is 2. The van der Waals surface area contributed by atoms with Gasteiger partial charge >= 0.3 is 0 Å². The minimum Gasteiger partial charge on any atom is -0.331 e. The Balaban J connectivity index is 2.30. The summed E-state index contributed by atoms with van der Waals surface area (Å²) in [7, 11) is 2.11. The Morgan fingerprint density at radius 3 is 2.67 bits per heavy atom. The number of nitrogens with zero attached hydrogens (tertiary/aromatic N) is 2. The van der Waals surface area contributed by atoms with Crippen LogP contribution in [-0.2, 0) is 13.5 Å². The fourth-order valence-electron chi connectivity index (χ4n) is 2.50. The fourth-order valence-corrected chi connectivity index (χ4v) is 2.50. The van der Waals surface area contributed by atoms with E-state index in [-0.39, 0.29) is 0 Å². The largest absolute Gasteiger partial charge is 0.331 e. The van der Waals surface area contributed by atoms with Crippen molar-refractivity contribution in [2.45, 2.75) is 40.2 Å². The molecule has 0 aliphatic carbocycles. The molecule has 1 aromatic carbocycles. The topological polar surface area (TPSA) is 29.9 Å². The standard InChI is InChI=1S/C15H23N3/c1-10(2)16-7-6-14-17-13-9-11(3)8-12(4)15(13)18(14)5/h8-10,16H,6-7H2,1-5H3. The lowest BCUT2D eigenvalue weighted by atomic mass is 10.1. The van der Waals surface area contributed by atoms with E-state index in [1.165, 1.54) is 16.6 Å². The number of hydrogen-bond donors (Lipinski definition) is 1. The van der Waals surface area contributed by atoms with Gasteiger partial charge in [0, 0.05) is 26.1 Å². The maximum absolute atomic E-state index is 4.75. The van der Waals surface area contributed by atoms with Gasteiger partial charge < -0.3 is 9.88 Å². The van der Waals surface area contributed by atoms with Crippen molar-refractivity contribution in [3.63, 3.8) is 0 Å². The highest BCUT2D eigenvalue weighted by molar-refractivity contribution is 5.80. The van der Waals surface area contributed by atoms with E-state index >= 15 is 0 Å². The molecule has 0 saturated carbocycles. The summed E-state index contributed by atoms with van der Waals surface area (Å²) in [6, 6.07) is 4.92. The van der Waals surface area contributed by atoms with Gasteiger partial charge in [0.05, 0.1) is 11.0 Å². The normalized spacial score (nSPS) is 11.7. The van der Waals surface area contributed by atoms with Crippen molar-refractivity contribution in [2.75, 3.05) is 6.54 Å². The quantitative estimate of drug-likeness (QED) is 0.897. The third-order valence-electron chi connectivity index (χ3n) is 3.30. The Morgan fingerprint density at radius 2 is 2.00 bits per heavy atom. The van der Waals surface area contributed by atoms with Gasteiger partial charge in [-0.3, -0.25) is 0 Å². The van der Waals surface area contributed by atoms with Gasteiger partial charge in [-0.15, -0.1) is 0 Å². The molecule has 0 spiro atoms. The first-order chi connectivity index (χ1) is 8.49. The lowest BCUT2D eigenvalue weighted by Gasteiger charge is -2.08. The average Bonchev–Trinajstić information content (AvgIpc) is 2.55. The van der Waals surface area contributed by atoms with Crippen molar-refractivity contribution in [3.05, 3.63) is 29.1 Å². The number of aryl methyl sites for hydroxylation is 3. The molecule has 0 bridgehead atoms. The van der Waals surface area contributed by atoms with Gasteiger partial charge in [-0.2, -0.15) is 0 Å². The smallest absolute Gasteiger partial charge is 0.110 e. The summed E-state index contributed by atoms with van der Waals surface area (Å²) in [5.41, 5.74) is 4.97. The molecule has 0 radical (unpaired) electrons. The molecule has 3 nitrogen and oxygen atoms in total. The number of imidazole rings is 1. The molecule has 0 amide bonds. The minimum absolute atomic E-state index is 0.531.